The standard InChI is InChI=1S/C15H24N4O4/c1-15(2,3)23-14(20)18(4)10-8-19(9-10)12(13(16)17-21)11-6-5-7-22-11/h5-7,10,12,21H,8-9H2,1-4H3,(H2,16,17). The van der Waals surface area contributed by atoms with Crippen LogP contribution in [0.15, 0.2) is 28.0 Å². The molecule has 8 nitrogen and oxygen atoms in total. The third-order valence-electron chi connectivity index (χ3n) is 3.69. The van der Waals surface area contributed by atoms with Crippen LogP contribution in [0.2, 0.25) is 0 Å². The Kier molecular flexibility index (Phi) is 4.84. The first-order valence-electron chi connectivity index (χ1n) is 7.43. The first-order valence-corrected chi connectivity index (χ1v) is 7.43. The fraction of sp³-hybridized carbons (Fsp3) is 0.600. The van der Waals surface area contributed by atoms with E-state index in [0.29, 0.717) is 18.8 Å². The van der Waals surface area contributed by atoms with Gasteiger partial charge >= 0.3 is 6.09 Å². The Morgan fingerprint density at radius 3 is 2.70 bits per heavy atom. The number of furan rings is 1. The second kappa shape index (κ2) is 6.49. The van der Waals surface area contributed by atoms with E-state index in [1.165, 1.54) is 6.26 Å². The van der Waals surface area contributed by atoms with Crippen LogP contribution in [-0.4, -0.2) is 58.7 Å². The van der Waals surface area contributed by atoms with Crippen molar-refractivity contribution in [2.75, 3.05) is 20.1 Å². The van der Waals surface area contributed by atoms with Gasteiger partial charge < -0.3 is 25.0 Å². The van der Waals surface area contributed by atoms with Gasteiger partial charge in [-0.2, -0.15) is 0 Å². The number of nitrogens with zero attached hydrogens (tertiary/aromatic N) is 3. The van der Waals surface area contributed by atoms with Gasteiger partial charge in [-0.25, -0.2) is 4.79 Å². The summed E-state index contributed by atoms with van der Waals surface area (Å²) in [5.41, 5.74) is 5.25. The maximum Gasteiger partial charge on any atom is 0.410 e. The molecule has 1 fully saturated rings. The molecule has 3 N–H and O–H groups in total. The van der Waals surface area contributed by atoms with Crippen molar-refractivity contribution in [3.05, 3.63) is 24.2 Å². The molecule has 0 aliphatic carbocycles. The van der Waals surface area contributed by atoms with Crippen molar-refractivity contribution in [3.8, 4) is 0 Å². The van der Waals surface area contributed by atoms with Gasteiger partial charge in [-0.1, -0.05) is 5.16 Å². The highest BCUT2D eigenvalue weighted by Gasteiger charge is 2.40. The van der Waals surface area contributed by atoms with Crippen LogP contribution >= 0.6 is 0 Å². The van der Waals surface area contributed by atoms with E-state index in [1.54, 1.807) is 24.1 Å². The summed E-state index contributed by atoms with van der Waals surface area (Å²) >= 11 is 0. The highest BCUT2D eigenvalue weighted by atomic mass is 16.6. The highest BCUT2D eigenvalue weighted by molar-refractivity contribution is 5.86. The van der Waals surface area contributed by atoms with E-state index in [9.17, 15) is 4.79 Å². The smallest absolute Gasteiger partial charge is 0.410 e. The molecule has 8 heteroatoms. The number of amides is 1. The van der Waals surface area contributed by atoms with Gasteiger partial charge in [-0.3, -0.25) is 4.90 Å². The van der Waals surface area contributed by atoms with E-state index < -0.39 is 11.6 Å². The van der Waals surface area contributed by atoms with Crippen LogP contribution in [0.3, 0.4) is 0 Å². The Bertz CT molecular complexity index is 559. The molecular weight excluding hydrogens is 300 g/mol. The monoisotopic (exact) mass is 324 g/mol. The topological polar surface area (TPSA) is 105 Å². The molecule has 2 rings (SSSR count). The van der Waals surface area contributed by atoms with Crippen molar-refractivity contribution >= 4 is 11.9 Å². The summed E-state index contributed by atoms with van der Waals surface area (Å²) in [6.45, 7) is 6.65. The Labute approximate surface area is 135 Å². The molecule has 1 aliphatic rings. The molecule has 0 saturated carbocycles. The molecule has 0 aromatic carbocycles. The average Bonchev–Trinajstić information content (AvgIpc) is 2.92. The average molecular weight is 324 g/mol. The molecule has 23 heavy (non-hydrogen) atoms. The molecule has 1 unspecified atom stereocenters. The third kappa shape index (κ3) is 3.95. The fourth-order valence-electron chi connectivity index (χ4n) is 2.44. The molecule has 1 aromatic heterocycles. The van der Waals surface area contributed by atoms with Gasteiger partial charge in [0.05, 0.1) is 12.3 Å². The number of hydrogen-bond acceptors (Lipinski definition) is 6. The predicted octanol–water partition coefficient (Wildman–Crippen LogP) is 1.62. The van der Waals surface area contributed by atoms with E-state index in [1.807, 2.05) is 25.7 Å². The summed E-state index contributed by atoms with van der Waals surface area (Å²) in [7, 11) is 1.71. The number of nitrogens with two attached hydrogens (primary N) is 1. The molecule has 2 heterocycles. The number of ether oxygens (including phenoxy) is 1. The number of carbonyl (C=O) groups excluding carboxylic acids is 1. The number of likely N-dealkylation sites (tertiary alicyclic amines) is 1. The first kappa shape index (κ1) is 17.1. The highest BCUT2D eigenvalue weighted by Crippen LogP contribution is 2.28. The summed E-state index contributed by atoms with van der Waals surface area (Å²) in [5.74, 6) is 0.650. The lowest BCUT2D eigenvalue weighted by molar-refractivity contribution is -0.0106. The molecule has 128 valence electrons. The zero-order valence-corrected chi connectivity index (χ0v) is 13.9. The van der Waals surface area contributed by atoms with Crippen LogP contribution in [0.25, 0.3) is 0 Å². The predicted molar refractivity (Wildman–Crippen MR) is 84.2 cm³/mol. The third-order valence-corrected chi connectivity index (χ3v) is 3.69. The van der Waals surface area contributed by atoms with Crippen LogP contribution in [0.1, 0.15) is 32.6 Å². The summed E-state index contributed by atoms with van der Waals surface area (Å²) in [5, 5.41) is 12.1. The van der Waals surface area contributed by atoms with Crippen molar-refractivity contribution in [3.63, 3.8) is 0 Å². The largest absolute Gasteiger partial charge is 0.467 e. The van der Waals surface area contributed by atoms with E-state index >= 15 is 0 Å². The Morgan fingerprint density at radius 2 is 2.22 bits per heavy atom. The van der Waals surface area contributed by atoms with Crippen LogP contribution in [-0.2, 0) is 4.74 Å². The lowest BCUT2D eigenvalue weighted by Crippen LogP contribution is -2.62. The Balaban J connectivity index is 1.98. The molecule has 1 atom stereocenters. The van der Waals surface area contributed by atoms with Gasteiger partial charge in [-0.05, 0) is 32.9 Å². The number of amidine groups is 1. The number of carbonyl (C=O) groups is 1. The van der Waals surface area contributed by atoms with Gasteiger partial charge in [-0.15, -0.1) is 0 Å². The normalized spacial score (nSPS) is 18.3. The Hall–Kier alpha value is -2.22. The molecule has 0 spiro atoms. The van der Waals surface area contributed by atoms with Gasteiger partial charge in [0.1, 0.15) is 17.4 Å². The molecule has 1 aliphatic heterocycles. The van der Waals surface area contributed by atoms with E-state index in [2.05, 4.69) is 5.16 Å². The number of oxime groups is 1. The minimum absolute atomic E-state index is 0.00815. The zero-order chi connectivity index (χ0) is 17.2. The molecule has 0 radical (unpaired) electrons. The van der Waals surface area contributed by atoms with Gasteiger partial charge in [0.2, 0.25) is 0 Å². The van der Waals surface area contributed by atoms with Crippen molar-refractivity contribution in [2.45, 2.75) is 38.5 Å². The Morgan fingerprint density at radius 1 is 1.57 bits per heavy atom. The summed E-state index contributed by atoms with van der Waals surface area (Å²) in [6.07, 6.45) is 1.18. The lowest BCUT2D eigenvalue weighted by Gasteiger charge is -2.46. The van der Waals surface area contributed by atoms with Crippen molar-refractivity contribution in [1.29, 1.82) is 0 Å². The van der Waals surface area contributed by atoms with Crippen molar-refractivity contribution < 1.29 is 19.2 Å². The zero-order valence-electron chi connectivity index (χ0n) is 13.9. The van der Waals surface area contributed by atoms with Crippen LogP contribution in [0, 0.1) is 0 Å². The molecular formula is C15H24N4O4. The van der Waals surface area contributed by atoms with E-state index in [0.717, 1.165) is 0 Å². The number of rotatable bonds is 4. The van der Waals surface area contributed by atoms with Gasteiger partial charge in [0.15, 0.2) is 5.84 Å². The molecule has 0 bridgehead atoms. The maximum absolute atomic E-state index is 12.1. The lowest BCUT2D eigenvalue weighted by atomic mass is 10.0. The summed E-state index contributed by atoms with van der Waals surface area (Å²) < 4.78 is 10.7. The minimum atomic E-state index is -0.528. The van der Waals surface area contributed by atoms with Crippen molar-refractivity contribution in [2.24, 2.45) is 10.9 Å². The quantitative estimate of drug-likeness (QED) is 0.377. The van der Waals surface area contributed by atoms with Gasteiger partial charge in [0, 0.05) is 20.1 Å². The van der Waals surface area contributed by atoms with E-state index in [-0.39, 0.29) is 18.0 Å². The second-order valence-corrected chi connectivity index (χ2v) is 6.64. The minimum Gasteiger partial charge on any atom is -0.467 e. The second-order valence-electron chi connectivity index (χ2n) is 6.64. The van der Waals surface area contributed by atoms with Crippen LogP contribution < -0.4 is 5.73 Å². The SMILES string of the molecule is CN(C(=O)OC(C)(C)C)C1CN(C(/C(N)=N/O)c2ccco2)C1. The number of hydrogen-bond donors (Lipinski definition) is 2. The summed E-state index contributed by atoms with van der Waals surface area (Å²) in [6, 6.07) is 3.08. The van der Waals surface area contributed by atoms with Crippen LogP contribution in [0.4, 0.5) is 4.79 Å². The molecule has 1 saturated heterocycles. The number of likely N-dealkylation sites (N-methyl/N-ethyl adjacent to an activating group) is 1. The van der Waals surface area contributed by atoms with E-state index in [4.69, 9.17) is 20.1 Å². The summed E-state index contributed by atoms with van der Waals surface area (Å²) in [4.78, 5) is 15.6. The first-order chi connectivity index (χ1) is 10.7. The van der Waals surface area contributed by atoms with Crippen LogP contribution in [0.5, 0.6) is 0 Å². The molecule has 1 aromatic rings. The fourth-order valence-corrected chi connectivity index (χ4v) is 2.44. The van der Waals surface area contributed by atoms with Crippen molar-refractivity contribution in [1.82, 2.24) is 9.80 Å². The molecule has 1 amide bonds. The van der Waals surface area contributed by atoms with Gasteiger partial charge in [0.25, 0.3) is 0 Å². The maximum atomic E-state index is 12.1.